The van der Waals surface area contributed by atoms with Crippen molar-refractivity contribution in [3.05, 3.63) is 60.7 Å². The van der Waals surface area contributed by atoms with Gasteiger partial charge in [0.2, 0.25) is 0 Å². The first-order chi connectivity index (χ1) is 10.8. The summed E-state index contributed by atoms with van der Waals surface area (Å²) in [5.74, 6) is 0. The Labute approximate surface area is 137 Å². The van der Waals surface area contributed by atoms with Gasteiger partial charge in [-0.2, -0.15) is 0 Å². The monoisotopic (exact) mass is 313 g/mol. The van der Waals surface area contributed by atoms with Gasteiger partial charge in [-0.1, -0.05) is 63.1 Å². The number of benzene rings is 2. The second-order valence-electron chi connectivity index (χ2n) is 6.15. The zero-order valence-electron chi connectivity index (χ0n) is 14.2. The molecule has 0 bridgehead atoms. The van der Waals surface area contributed by atoms with Crippen molar-refractivity contribution in [2.45, 2.75) is 46.0 Å². The number of hydrogen-bond donors (Lipinski definition) is 0. The molecule has 0 aliphatic carbocycles. The number of hydrogen-bond acceptors (Lipinski definition) is 0. The van der Waals surface area contributed by atoms with Gasteiger partial charge in [0, 0.05) is 0 Å². The van der Waals surface area contributed by atoms with Crippen molar-refractivity contribution in [1.29, 1.82) is 0 Å². The Hall–Kier alpha value is -1.13. The third-order valence-corrected chi connectivity index (χ3v) is 9.36. The van der Waals surface area contributed by atoms with E-state index in [0.717, 1.165) is 0 Å². The van der Waals surface area contributed by atoms with E-state index in [1.54, 1.807) is 10.6 Å². The van der Waals surface area contributed by atoms with Crippen molar-refractivity contribution in [3.8, 4) is 0 Å². The Balaban J connectivity index is 2.36. The smallest absolute Gasteiger partial charge is 0.0654 e. The van der Waals surface area contributed by atoms with Gasteiger partial charge in [0.15, 0.2) is 0 Å². The van der Waals surface area contributed by atoms with E-state index >= 15 is 0 Å². The van der Waals surface area contributed by atoms with Crippen LogP contribution in [0.3, 0.4) is 0 Å². The van der Waals surface area contributed by atoms with E-state index in [4.69, 9.17) is 0 Å². The highest BCUT2D eigenvalue weighted by Gasteiger charge is 2.40. The summed E-state index contributed by atoms with van der Waals surface area (Å²) in [6.45, 7) is 4.63. The van der Waals surface area contributed by atoms with E-state index in [1.165, 1.54) is 44.4 Å². The maximum absolute atomic E-state index is 2.37. The van der Waals surface area contributed by atoms with Gasteiger partial charge in [-0.05, 0) is 43.5 Å². The molecule has 2 aromatic carbocycles. The molecule has 0 aliphatic rings. The molecule has 0 aliphatic heterocycles. The van der Waals surface area contributed by atoms with Crippen LogP contribution in [0.25, 0.3) is 0 Å². The minimum absolute atomic E-state index is 1.24. The highest BCUT2D eigenvalue weighted by molar-refractivity contribution is 7.89. The molecule has 118 valence electrons. The molecule has 0 nitrogen and oxygen atoms in total. The Bertz CT molecular complexity index is 479. The highest BCUT2D eigenvalue weighted by atomic mass is 31.2. The molecule has 0 heterocycles. The minimum Gasteiger partial charge on any atom is -0.0654 e. The van der Waals surface area contributed by atoms with Crippen LogP contribution in [0.5, 0.6) is 0 Å². The normalized spacial score (nSPS) is 11.5. The molecule has 1 heteroatoms. The van der Waals surface area contributed by atoms with Crippen LogP contribution in [0, 0.1) is 0 Å². The van der Waals surface area contributed by atoms with Crippen molar-refractivity contribution in [2.24, 2.45) is 0 Å². The Morgan fingerprint density at radius 3 is 1.59 bits per heavy atom. The van der Waals surface area contributed by atoms with Crippen LogP contribution in [0.2, 0.25) is 0 Å². The molecule has 0 amide bonds. The molecule has 22 heavy (non-hydrogen) atoms. The fourth-order valence-electron chi connectivity index (χ4n) is 3.39. The van der Waals surface area contributed by atoms with E-state index in [1.807, 2.05) is 0 Å². The van der Waals surface area contributed by atoms with Crippen molar-refractivity contribution in [3.63, 3.8) is 0 Å². The Morgan fingerprint density at radius 1 is 0.591 bits per heavy atom. The molecular weight excluding hydrogens is 283 g/mol. The van der Waals surface area contributed by atoms with Crippen LogP contribution in [0.15, 0.2) is 60.7 Å². The summed E-state index contributed by atoms with van der Waals surface area (Å²) in [5, 5.41) is 3.19. The van der Waals surface area contributed by atoms with E-state index in [0.29, 0.717) is 0 Å². The predicted octanol–water partition coefficient (Wildman–Crippen LogP) is 5.65. The molecule has 0 atom stereocenters. The lowest BCUT2D eigenvalue weighted by atomic mass is 10.2. The summed E-state index contributed by atoms with van der Waals surface area (Å²) in [4.78, 5) is 0. The first-order valence-electron chi connectivity index (χ1n) is 8.82. The first kappa shape index (κ1) is 17.2. The van der Waals surface area contributed by atoms with E-state index < -0.39 is 7.26 Å². The Morgan fingerprint density at radius 2 is 1.14 bits per heavy atom. The average molecular weight is 313 g/mol. The fourth-order valence-corrected chi connectivity index (χ4v) is 7.96. The van der Waals surface area contributed by atoms with Crippen LogP contribution in [0.4, 0.5) is 0 Å². The lowest BCUT2D eigenvalue weighted by Crippen LogP contribution is -2.27. The van der Waals surface area contributed by atoms with Gasteiger partial charge in [0.05, 0.1) is 30.2 Å². The van der Waals surface area contributed by atoms with Gasteiger partial charge < -0.3 is 0 Å². The van der Waals surface area contributed by atoms with Crippen molar-refractivity contribution in [1.82, 2.24) is 0 Å². The van der Waals surface area contributed by atoms with Crippen LogP contribution < -0.4 is 10.6 Å². The predicted molar refractivity (Wildman–Crippen MR) is 103 cm³/mol. The second kappa shape index (κ2) is 9.11. The van der Waals surface area contributed by atoms with Crippen molar-refractivity contribution >= 4 is 17.9 Å². The van der Waals surface area contributed by atoms with Crippen molar-refractivity contribution < 1.29 is 0 Å². The summed E-state index contributed by atoms with van der Waals surface area (Å²) in [7, 11) is -1.24. The summed E-state index contributed by atoms with van der Waals surface area (Å²) in [5.41, 5.74) is 0. The summed E-state index contributed by atoms with van der Waals surface area (Å²) < 4.78 is 0. The van der Waals surface area contributed by atoms with E-state index in [9.17, 15) is 0 Å². The lowest BCUT2D eigenvalue weighted by molar-refractivity contribution is 0.704. The molecular formula is C21H30P+. The van der Waals surface area contributed by atoms with Crippen LogP contribution >= 0.6 is 7.26 Å². The largest absolute Gasteiger partial charge is 0.0991 e. The SMILES string of the molecule is CCCCCC[P+](CCC)(c1ccccc1)c1ccccc1. The summed E-state index contributed by atoms with van der Waals surface area (Å²) >= 11 is 0. The van der Waals surface area contributed by atoms with E-state index in [-0.39, 0.29) is 0 Å². The van der Waals surface area contributed by atoms with Crippen LogP contribution in [-0.2, 0) is 0 Å². The Kier molecular flexibility index (Phi) is 7.13. The third kappa shape index (κ3) is 4.20. The highest BCUT2D eigenvalue weighted by Crippen LogP contribution is 2.57. The molecule has 2 aromatic rings. The summed E-state index contributed by atoms with van der Waals surface area (Å²) in [6.07, 6.45) is 9.41. The quantitative estimate of drug-likeness (QED) is 0.415. The molecule has 0 saturated carbocycles. The average Bonchev–Trinajstić information content (AvgIpc) is 2.59. The molecule has 0 aromatic heterocycles. The lowest BCUT2D eigenvalue weighted by Gasteiger charge is -2.27. The third-order valence-electron chi connectivity index (χ3n) is 4.50. The van der Waals surface area contributed by atoms with Crippen LogP contribution in [0.1, 0.15) is 46.0 Å². The van der Waals surface area contributed by atoms with E-state index in [2.05, 4.69) is 74.5 Å². The molecule has 0 saturated heterocycles. The van der Waals surface area contributed by atoms with Gasteiger partial charge in [-0.3, -0.25) is 0 Å². The number of unbranched alkanes of at least 4 members (excludes halogenated alkanes) is 3. The van der Waals surface area contributed by atoms with Gasteiger partial charge in [-0.15, -0.1) is 0 Å². The molecule has 0 N–H and O–H groups in total. The van der Waals surface area contributed by atoms with Crippen LogP contribution in [-0.4, -0.2) is 12.3 Å². The molecule has 0 fully saturated rings. The second-order valence-corrected chi connectivity index (χ2v) is 10.0. The van der Waals surface area contributed by atoms with Crippen molar-refractivity contribution in [2.75, 3.05) is 12.3 Å². The molecule has 0 unspecified atom stereocenters. The zero-order chi connectivity index (χ0) is 15.7. The maximum Gasteiger partial charge on any atom is 0.0991 e. The summed E-state index contributed by atoms with van der Waals surface area (Å²) in [6, 6.07) is 22.6. The van der Waals surface area contributed by atoms with Gasteiger partial charge in [0.1, 0.15) is 0 Å². The fraction of sp³-hybridized carbons (Fsp3) is 0.429. The molecule has 2 rings (SSSR count). The standard InChI is InChI=1S/C21H30P/c1-3-5-6-13-19-22(18-4-2,20-14-9-7-10-15-20)21-16-11-8-12-17-21/h7-12,14-17H,3-6,13,18-19H2,1-2H3/q+1. The topological polar surface area (TPSA) is 0 Å². The molecule has 0 spiro atoms. The maximum atomic E-state index is 2.37. The first-order valence-corrected chi connectivity index (χ1v) is 11.0. The number of rotatable bonds is 9. The molecule has 0 radical (unpaired) electrons. The zero-order valence-corrected chi connectivity index (χ0v) is 15.1. The minimum atomic E-state index is -1.24. The van der Waals surface area contributed by atoms with Gasteiger partial charge in [0.25, 0.3) is 0 Å². The van der Waals surface area contributed by atoms with Gasteiger partial charge in [-0.25, -0.2) is 0 Å². The van der Waals surface area contributed by atoms with Gasteiger partial charge >= 0.3 is 0 Å².